The lowest BCUT2D eigenvalue weighted by molar-refractivity contribution is -0.157. The largest absolute Gasteiger partial charge is 0.451 e. The zero-order valence-corrected chi connectivity index (χ0v) is 14.6. The quantitative estimate of drug-likeness (QED) is 0.772. The molecule has 1 N–H and O–H groups in total. The number of hydrogen-bond acceptors (Lipinski definition) is 6. The lowest BCUT2D eigenvalue weighted by Crippen LogP contribution is -2.38. The van der Waals surface area contributed by atoms with Crippen LogP contribution in [0.15, 0.2) is 34.2 Å². The van der Waals surface area contributed by atoms with Crippen LogP contribution in [0.2, 0.25) is 0 Å². The number of ether oxygens (including phenoxy) is 1. The van der Waals surface area contributed by atoms with Crippen molar-refractivity contribution in [1.82, 2.24) is 9.62 Å². The summed E-state index contributed by atoms with van der Waals surface area (Å²) in [5.74, 6) is -0.799. The standard InChI is InChI=1S/C16H19N3O5S/c1-11(16(21)19-8-4-5-9-19)24-14(20)10-17-15-12-6-2-3-7-13(12)25(22,23)18-15/h2-3,6-7,11H,4-5,8-10H2,1H3,(H,17,18)/t11-/m1/s1. The first-order valence-electron chi connectivity index (χ1n) is 8.03. The number of carbonyl (C=O) groups excluding carboxylic acids is 2. The fourth-order valence-electron chi connectivity index (χ4n) is 2.87. The highest BCUT2D eigenvalue weighted by molar-refractivity contribution is 7.90. The number of likely N-dealkylation sites (tertiary alicyclic amines) is 1. The Labute approximate surface area is 145 Å². The van der Waals surface area contributed by atoms with Crippen molar-refractivity contribution in [2.45, 2.75) is 30.8 Å². The van der Waals surface area contributed by atoms with Gasteiger partial charge in [0.1, 0.15) is 12.4 Å². The van der Waals surface area contributed by atoms with Crippen LogP contribution in [0.5, 0.6) is 0 Å². The van der Waals surface area contributed by atoms with Crippen molar-refractivity contribution in [3.05, 3.63) is 29.8 Å². The Kier molecular flexibility index (Phi) is 4.76. The molecule has 0 aromatic heterocycles. The fraction of sp³-hybridized carbons (Fsp3) is 0.438. The number of esters is 1. The van der Waals surface area contributed by atoms with E-state index >= 15 is 0 Å². The Morgan fingerprint density at radius 3 is 2.68 bits per heavy atom. The minimum Gasteiger partial charge on any atom is -0.451 e. The van der Waals surface area contributed by atoms with E-state index in [1.165, 1.54) is 13.0 Å². The first-order chi connectivity index (χ1) is 11.9. The van der Waals surface area contributed by atoms with E-state index in [-0.39, 0.29) is 23.2 Å². The summed E-state index contributed by atoms with van der Waals surface area (Å²) in [4.78, 5) is 29.8. The monoisotopic (exact) mass is 365 g/mol. The Hall–Kier alpha value is -2.42. The van der Waals surface area contributed by atoms with Gasteiger partial charge in [0.15, 0.2) is 6.10 Å². The number of nitrogens with one attached hydrogen (secondary N) is 1. The van der Waals surface area contributed by atoms with E-state index in [0.29, 0.717) is 18.7 Å². The van der Waals surface area contributed by atoms with Gasteiger partial charge in [0.25, 0.3) is 15.9 Å². The molecule has 2 heterocycles. The number of rotatable bonds is 4. The SMILES string of the molecule is C[C@@H](OC(=O)CN=C1NS(=O)(=O)c2ccccc21)C(=O)N1CCCC1. The number of hydrogen-bond donors (Lipinski definition) is 1. The maximum Gasteiger partial charge on any atom is 0.328 e. The molecule has 1 amide bonds. The molecule has 1 aromatic carbocycles. The minimum atomic E-state index is -3.64. The molecule has 8 nitrogen and oxygen atoms in total. The summed E-state index contributed by atoms with van der Waals surface area (Å²) >= 11 is 0. The van der Waals surface area contributed by atoms with Crippen LogP contribution in [0.3, 0.4) is 0 Å². The number of aliphatic imine (C=N–C) groups is 1. The molecule has 1 atom stereocenters. The molecule has 25 heavy (non-hydrogen) atoms. The average Bonchev–Trinajstić information content (AvgIpc) is 3.19. The van der Waals surface area contributed by atoms with Crippen LogP contribution in [-0.2, 0) is 24.3 Å². The summed E-state index contributed by atoms with van der Waals surface area (Å²) in [6.45, 7) is 2.52. The number of fused-ring (bicyclic) bond motifs is 1. The van der Waals surface area contributed by atoms with Gasteiger partial charge in [0.05, 0.1) is 4.90 Å². The molecule has 1 aromatic rings. The maximum absolute atomic E-state index is 12.1. The second kappa shape index (κ2) is 6.83. The smallest absolute Gasteiger partial charge is 0.328 e. The number of amides is 1. The third-order valence-corrected chi connectivity index (χ3v) is 5.50. The highest BCUT2D eigenvalue weighted by Gasteiger charge is 2.30. The average molecular weight is 365 g/mol. The van der Waals surface area contributed by atoms with E-state index in [9.17, 15) is 18.0 Å². The molecule has 2 aliphatic rings. The van der Waals surface area contributed by atoms with Crippen LogP contribution in [0.4, 0.5) is 0 Å². The van der Waals surface area contributed by atoms with E-state index < -0.39 is 22.1 Å². The molecule has 0 bridgehead atoms. The van der Waals surface area contributed by atoms with E-state index in [0.717, 1.165) is 12.8 Å². The third kappa shape index (κ3) is 3.65. The highest BCUT2D eigenvalue weighted by atomic mass is 32.2. The Bertz CT molecular complexity index is 828. The summed E-state index contributed by atoms with van der Waals surface area (Å²) in [7, 11) is -3.64. The van der Waals surface area contributed by atoms with Crippen molar-refractivity contribution in [3.63, 3.8) is 0 Å². The van der Waals surface area contributed by atoms with Gasteiger partial charge in [0, 0.05) is 18.7 Å². The Balaban J connectivity index is 1.62. The molecular weight excluding hydrogens is 346 g/mol. The van der Waals surface area contributed by atoms with Gasteiger partial charge in [-0.15, -0.1) is 0 Å². The van der Waals surface area contributed by atoms with Crippen LogP contribution < -0.4 is 4.72 Å². The maximum atomic E-state index is 12.1. The first-order valence-corrected chi connectivity index (χ1v) is 9.52. The van der Waals surface area contributed by atoms with Crippen molar-refractivity contribution in [1.29, 1.82) is 0 Å². The molecule has 9 heteroatoms. The molecule has 134 valence electrons. The normalized spacial score (nSPS) is 20.8. The first kappa shape index (κ1) is 17.4. The van der Waals surface area contributed by atoms with Crippen LogP contribution >= 0.6 is 0 Å². The topological polar surface area (TPSA) is 105 Å². The van der Waals surface area contributed by atoms with Crippen molar-refractivity contribution < 1.29 is 22.7 Å². The lowest BCUT2D eigenvalue weighted by Gasteiger charge is -2.20. The molecule has 2 aliphatic heterocycles. The highest BCUT2D eigenvalue weighted by Crippen LogP contribution is 2.22. The van der Waals surface area contributed by atoms with Gasteiger partial charge in [-0.2, -0.15) is 0 Å². The molecule has 0 aliphatic carbocycles. The van der Waals surface area contributed by atoms with Gasteiger partial charge in [-0.25, -0.2) is 8.42 Å². The fourth-order valence-corrected chi connectivity index (χ4v) is 4.13. The number of amidine groups is 1. The summed E-state index contributed by atoms with van der Waals surface area (Å²) in [5.41, 5.74) is 0.413. The molecule has 1 fully saturated rings. The zero-order chi connectivity index (χ0) is 18.0. The predicted molar refractivity (Wildman–Crippen MR) is 89.5 cm³/mol. The zero-order valence-electron chi connectivity index (χ0n) is 13.8. The number of benzene rings is 1. The van der Waals surface area contributed by atoms with E-state index in [4.69, 9.17) is 4.74 Å². The second-order valence-corrected chi connectivity index (χ2v) is 7.58. The van der Waals surface area contributed by atoms with Gasteiger partial charge < -0.3 is 9.64 Å². The number of carbonyl (C=O) groups is 2. The number of sulfonamides is 1. The molecule has 0 spiro atoms. The van der Waals surface area contributed by atoms with E-state index in [1.54, 1.807) is 23.1 Å². The molecule has 0 unspecified atom stereocenters. The molecule has 0 saturated carbocycles. The van der Waals surface area contributed by atoms with Crippen molar-refractivity contribution in [2.75, 3.05) is 19.6 Å². The number of nitrogens with zero attached hydrogens (tertiary/aromatic N) is 2. The van der Waals surface area contributed by atoms with Crippen LogP contribution in [0, 0.1) is 0 Å². The predicted octanol–water partition coefficient (Wildman–Crippen LogP) is 0.279. The molecule has 3 rings (SSSR count). The van der Waals surface area contributed by atoms with Crippen molar-refractivity contribution in [3.8, 4) is 0 Å². The van der Waals surface area contributed by atoms with Gasteiger partial charge in [-0.1, -0.05) is 12.1 Å². The molecular formula is C16H19N3O5S. The van der Waals surface area contributed by atoms with Gasteiger partial charge in [0.2, 0.25) is 0 Å². The Morgan fingerprint density at radius 1 is 1.28 bits per heavy atom. The van der Waals surface area contributed by atoms with E-state index in [2.05, 4.69) is 9.71 Å². The summed E-state index contributed by atoms with van der Waals surface area (Å²) in [6, 6.07) is 6.37. The lowest BCUT2D eigenvalue weighted by atomic mass is 10.2. The minimum absolute atomic E-state index is 0.103. The summed E-state index contributed by atoms with van der Waals surface area (Å²) < 4.78 is 31.3. The van der Waals surface area contributed by atoms with Crippen LogP contribution in [0.25, 0.3) is 0 Å². The summed E-state index contributed by atoms with van der Waals surface area (Å²) in [6.07, 6.45) is 1.04. The van der Waals surface area contributed by atoms with Gasteiger partial charge in [-0.05, 0) is 31.9 Å². The second-order valence-electron chi connectivity index (χ2n) is 5.93. The van der Waals surface area contributed by atoms with Gasteiger partial charge >= 0.3 is 5.97 Å². The summed E-state index contributed by atoms with van der Waals surface area (Å²) in [5, 5.41) is 0. The van der Waals surface area contributed by atoms with E-state index in [1.807, 2.05) is 0 Å². The van der Waals surface area contributed by atoms with Crippen molar-refractivity contribution in [2.24, 2.45) is 4.99 Å². The Morgan fingerprint density at radius 2 is 1.96 bits per heavy atom. The molecule has 0 radical (unpaired) electrons. The third-order valence-electron chi connectivity index (χ3n) is 4.10. The van der Waals surface area contributed by atoms with Crippen LogP contribution in [0.1, 0.15) is 25.3 Å². The van der Waals surface area contributed by atoms with Crippen molar-refractivity contribution >= 4 is 27.7 Å². The molecule has 1 saturated heterocycles. The van der Waals surface area contributed by atoms with Crippen LogP contribution in [-0.4, -0.2) is 56.8 Å². The van der Waals surface area contributed by atoms with Gasteiger partial charge in [-0.3, -0.25) is 19.3 Å².